The summed E-state index contributed by atoms with van der Waals surface area (Å²) < 4.78 is 31.7. The van der Waals surface area contributed by atoms with Crippen molar-refractivity contribution in [1.82, 2.24) is 4.31 Å². The molecule has 1 saturated heterocycles. The second kappa shape index (κ2) is 5.90. The zero-order chi connectivity index (χ0) is 13.9. The summed E-state index contributed by atoms with van der Waals surface area (Å²) >= 11 is 0. The molecule has 19 heavy (non-hydrogen) atoms. The molecule has 0 spiro atoms. The van der Waals surface area contributed by atoms with Gasteiger partial charge in [-0.3, -0.25) is 0 Å². The smallest absolute Gasteiger partial charge is 0.243 e. The molecule has 0 radical (unpaired) electrons. The van der Waals surface area contributed by atoms with Crippen molar-refractivity contribution in [3.63, 3.8) is 0 Å². The van der Waals surface area contributed by atoms with Crippen molar-refractivity contribution in [2.75, 3.05) is 26.8 Å². The molecule has 0 amide bonds. The standard InChI is InChI=1S/C13H19NO4S/c1-18-12-4-5-13(11(10-12)6-9-15)19(16,17)14-7-2-3-8-14/h4-5,10,15H,2-3,6-9H2,1H3. The van der Waals surface area contributed by atoms with Gasteiger partial charge in [-0.05, 0) is 43.0 Å². The summed E-state index contributed by atoms with van der Waals surface area (Å²) in [5.41, 5.74) is 0.605. The highest BCUT2D eigenvalue weighted by Gasteiger charge is 2.29. The Kier molecular flexibility index (Phi) is 4.44. The number of aliphatic hydroxyl groups is 1. The van der Waals surface area contributed by atoms with Crippen molar-refractivity contribution in [2.24, 2.45) is 0 Å². The lowest BCUT2D eigenvalue weighted by molar-refractivity contribution is 0.298. The first-order valence-corrected chi connectivity index (χ1v) is 7.81. The zero-order valence-corrected chi connectivity index (χ0v) is 11.8. The topological polar surface area (TPSA) is 66.8 Å². The number of hydrogen-bond donors (Lipinski definition) is 1. The second-order valence-corrected chi connectivity index (χ2v) is 6.46. The summed E-state index contributed by atoms with van der Waals surface area (Å²) in [6, 6.07) is 4.89. The third-order valence-corrected chi connectivity index (χ3v) is 5.33. The van der Waals surface area contributed by atoms with Crippen molar-refractivity contribution in [3.8, 4) is 5.75 Å². The number of sulfonamides is 1. The van der Waals surface area contributed by atoms with Crippen LogP contribution in [0.3, 0.4) is 0 Å². The molecular formula is C13H19NO4S. The van der Waals surface area contributed by atoms with E-state index in [1.165, 1.54) is 11.4 Å². The number of methoxy groups -OCH3 is 1. The molecule has 0 aliphatic carbocycles. The van der Waals surface area contributed by atoms with Gasteiger partial charge in [-0.15, -0.1) is 0 Å². The van der Waals surface area contributed by atoms with Crippen LogP contribution in [0.15, 0.2) is 23.1 Å². The molecule has 0 atom stereocenters. The van der Waals surface area contributed by atoms with Crippen molar-refractivity contribution >= 4 is 10.0 Å². The zero-order valence-electron chi connectivity index (χ0n) is 11.0. The molecule has 1 aromatic carbocycles. The van der Waals surface area contributed by atoms with Crippen LogP contribution in [0.4, 0.5) is 0 Å². The van der Waals surface area contributed by atoms with Crippen LogP contribution in [0.25, 0.3) is 0 Å². The van der Waals surface area contributed by atoms with Crippen molar-refractivity contribution in [2.45, 2.75) is 24.2 Å². The lowest BCUT2D eigenvalue weighted by Crippen LogP contribution is -2.28. The van der Waals surface area contributed by atoms with Gasteiger partial charge >= 0.3 is 0 Å². The molecule has 1 fully saturated rings. The maximum absolute atomic E-state index is 12.5. The Bertz CT molecular complexity index is 536. The Morgan fingerprint density at radius 2 is 2.00 bits per heavy atom. The minimum Gasteiger partial charge on any atom is -0.497 e. The minimum atomic E-state index is -3.45. The third-order valence-electron chi connectivity index (χ3n) is 3.33. The van der Waals surface area contributed by atoms with Gasteiger partial charge in [0.2, 0.25) is 10.0 Å². The van der Waals surface area contributed by atoms with Crippen LogP contribution in [-0.2, 0) is 16.4 Å². The van der Waals surface area contributed by atoms with Gasteiger partial charge in [-0.2, -0.15) is 4.31 Å². The van der Waals surface area contributed by atoms with Crippen molar-refractivity contribution in [1.29, 1.82) is 0 Å². The van der Waals surface area contributed by atoms with Crippen LogP contribution < -0.4 is 4.74 Å². The van der Waals surface area contributed by atoms with E-state index in [-0.39, 0.29) is 11.5 Å². The fourth-order valence-electron chi connectivity index (χ4n) is 2.32. The normalized spacial score (nSPS) is 16.7. The number of aliphatic hydroxyl groups excluding tert-OH is 1. The highest BCUT2D eigenvalue weighted by Crippen LogP contribution is 2.27. The first-order chi connectivity index (χ1) is 9.09. The third kappa shape index (κ3) is 2.91. The summed E-state index contributed by atoms with van der Waals surface area (Å²) in [6.07, 6.45) is 2.12. The highest BCUT2D eigenvalue weighted by molar-refractivity contribution is 7.89. The Balaban J connectivity index is 2.42. The Hall–Kier alpha value is -1.11. The molecule has 0 bridgehead atoms. The van der Waals surface area contributed by atoms with Crippen LogP contribution in [0.2, 0.25) is 0 Å². The molecule has 0 unspecified atom stereocenters. The molecule has 0 saturated carbocycles. The van der Waals surface area contributed by atoms with E-state index in [0.717, 1.165) is 12.8 Å². The van der Waals surface area contributed by atoms with Crippen LogP contribution in [-0.4, -0.2) is 44.6 Å². The number of hydrogen-bond acceptors (Lipinski definition) is 4. The van der Waals surface area contributed by atoms with Gasteiger partial charge < -0.3 is 9.84 Å². The molecule has 0 aromatic heterocycles. The predicted molar refractivity (Wildman–Crippen MR) is 71.8 cm³/mol. The average Bonchev–Trinajstić information content (AvgIpc) is 2.93. The molecular weight excluding hydrogens is 266 g/mol. The summed E-state index contributed by atoms with van der Waals surface area (Å²) in [6.45, 7) is 1.07. The SMILES string of the molecule is COc1ccc(S(=O)(=O)N2CCCC2)c(CCO)c1. The summed E-state index contributed by atoms with van der Waals surface area (Å²) in [5.74, 6) is 0.601. The van der Waals surface area contributed by atoms with Crippen molar-refractivity contribution in [3.05, 3.63) is 23.8 Å². The Morgan fingerprint density at radius 1 is 1.32 bits per heavy atom. The van der Waals surface area contributed by atoms with Crippen LogP contribution in [0, 0.1) is 0 Å². The van der Waals surface area contributed by atoms with Crippen LogP contribution in [0.5, 0.6) is 5.75 Å². The average molecular weight is 285 g/mol. The molecule has 6 heteroatoms. The molecule has 106 valence electrons. The van der Waals surface area contributed by atoms with Gasteiger partial charge in [0.25, 0.3) is 0 Å². The lowest BCUT2D eigenvalue weighted by atomic mass is 10.1. The van der Waals surface area contributed by atoms with Gasteiger partial charge in [-0.1, -0.05) is 0 Å². The Labute approximate surface area is 113 Å². The largest absolute Gasteiger partial charge is 0.497 e. The van der Waals surface area contributed by atoms with E-state index in [1.807, 2.05) is 0 Å². The fourth-order valence-corrected chi connectivity index (χ4v) is 4.07. The Morgan fingerprint density at radius 3 is 2.58 bits per heavy atom. The maximum atomic E-state index is 12.5. The van der Waals surface area contributed by atoms with E-state index >= 15 is 0 Å². The van der Waals surface area contributed by atoms with Crippen LogP contribution in [0.1, 0.15) is 18.4 Å². The highest BCUT2D eigenvalue weighted by atomic mass is 32.2. The molecule has 5 nitrogen and oxygen atoms in total. The molecule has 1 aliphatic rings. The molecule has 1 N–H and O–H groups in total. The van der Waals surface area contributed by atoms with Crippen LogP contribution >= 0.6 is 0 Å². The van der Waals surface area contributed by atoms with Gasteiger partial charge in [0.1, 0.15) is 5.75 Å². The lowest BCUT2D eigenvalue weighted by Gasteiger charge is -2.18. The van der Waals surface area contributed by atoms with Gasteiger partial charge in [0.15, 0.2) is 0 Å². The monoisotopic (exact) mass is 285 g/mol. The molecule has 1 heterocycles. The van der Waals surface area contributed by atoms with Gasteiger partial charge in [-0.25, -0.2) is 8.42 Å². The molecule has 2 rings (SSSR count). The summed E-state index contributed by atoms with van der Waals surface area (Å²) in [4.78, 5) is 0.282. The fraction of sp³-hybridized carbons (Fsp3) is 0.538. The number of rotatable bonds is 5. The summed E-state index contributed by atoms with van der Waals surface area (Å²) in [5, 5.41) is 9.09. The van der Waals surface area contributed by atoms with E-state index < -0.39 is 10.0 Å². The first-order valence-electron chi connectivity index (χ1n) is 6.37. The maximum Gasteiger partial charge on any atom is 0.243 e. The van der Waals surface area contributed by atoms with E-state index in [4.69, 9.17) is 9.84 Å². The van der Waals surface area contributed by atoms with E-state index in [9.17, 15) is 8.42 Å². The molecule has 1 aliphatic heterocycles. The van der Waals surface area contributed by atoms with E-state index in [0.29, 0.717) is 30.8 Å². The minimum absolute atomic E-state index is 0.0876. The summed E-state index contributed by atoms with van der Waals surface area (Å²) in [7, 11) is -1.92. The van der Waals surface area contributed by atoms with E-state index in [1.54, 1.807) is 18.2 Å². The second-order valence-electron chi connectivity index (χ2n) is 4.56. The molecule has 1 aromatic rings. The van der Waals surface area contributed by atoms with E-state index in [2.05, 4.69) is 0 Å². The number of benzene rings is 1. The number of ether oxygens (including phenoxy) is 1. The van der Waals surface area contributed by atoms with Crippen molar-refractivity contribution < 1.29 is 18.3 Å². The first kappa shape index (κ1) is 14.3. The predicted octanol–water partition coefficient (Wildman–Crippen LogP) is 1.01. The number of nitrogens with zero attached hydrogens (tertiary/aromatic N) is 1. The van der Waals surface area contributed by atoms with Gasteiger partial charge in [0, 0.05) is 19.7 Å². The van der Waals surface area contributed by atoms with Gasteiger partial charge in [0.05, 0.1) is 12.0 Å². The quantitative estimate of drug-likeness (QED) is 0.877.